The first-order valence-corrected chi connectivity index (χ1v) is 8.46. The number of amides is 1. The van der Waals surface area contributed by atoms with Crippen LogP contribution in [-0.2, 0) is 18.9 Å². The molecule has 0 aliphatic heterocycles. The molecule has 1 heterocycles. The average molecular weight is 317 g/mol. The van der Waals surface area contributed by atoms with E-state index >= 15 is 0 Å². The summed E-state index contributed by atoms with van der Waals surface area (Å²) in [6.45, 7) is 0. The van der Waals surface area contributed by atoms with Crippen LogP contribution in [0.25, 0.3) is 0 Å². The molecule has 1 N–H and O–H groups in total. The highest BCUT2D eigenvalue weighted by Gasteiger charge is 2.54. The second-order valence-corrected chi connectivity index (χ2v) is 7.92. The van der Waals surface area contributed by atoms with E-state index in [0.29, 0.717) is 23.6 Å². The van der Waals surface area contributed by atoms with Crippen LogP contribution in [0.1, 0.15) is 38.5 Å². The van der Waals surface area contributed by atoms with Gasteiger partial charge in [0.15, 0.2) is 0 Å². The molecule has 23 heavy (non-hydrogen) atoms. The molecule has 6 heteroatoms. The Labute approximate surface area is 134 Å². The minimum atomic E-state index is -0.418. The van der Waals surface area contributed by atoms with Crippen LogP contribution in [0.2, 0.25) is 0 Å². The third-order valence-corrected chi connectivity index (χ3v) is 6.29. The van der Waals surface area contributed by atoms with Crippen molar-refractivity contribution >= 4 is 11.7 Å². The first-order chi connectivity index (χ1) is 10.9. The van der Waals surface area contributed by atoms with E-state index in [0.717, 1.165) is 23.8 Å². The van der Waals surface area contributed by atoms with Gasteiger partial charge in [-0.25, -0.2) is 4.79 Å². The van der Waals surface area contributed by atoms with E-state index in [1.54, 1.807) is 7.05 Å². The molecule has 6 nitrogen and oxygen atoms in total. The molecule has 0 saturated heterocycles. The minimum Gasteiger partial charge on any atom is -0.311 e. The summed E-state index contributed by atoms with van der Waals surface area (Å²) < 4.78 is 2.38. The number of nitrogens with one attached hydrogen (secondary N) is 1. The van der Waals surface area contributed by atoms with Crippen molar-refractivity contribution in [3.63, 3.8) is 0 Å². The van der Waals surface area contributed by atoms with Gasteiger partial charge in [-0.3, -0.25) is 18.7 Å². The van der Waals surface area contributed by atoms with E-state index in [4.69, 9.17) is 0 Å². The Morgan fingerprint density at radius 1 is 1.04 bits per heavy atom. The molecule has 4 bridgehead atoms. The van der Waals surface area contributed by atoms with E-state index in [1.807, 2.05) is 0 Å². The highest BCUT2D eigenvalue weighted by atomic mass is 16.2. The lowest BCUT2D eigenvalue weighted by molar-refractivity contribution is -0.140. The van der Waals surface area contributed by atoms with Crippen molar-refractivity contribution in [1.82, 2.24) is 9.13 Å². The van der Waals surface area contributed by atoms with E-state index in [2.05, 4.69) is 5.32 Å². The van der Waals surface area contributed by atoms with Crippen molar-refractivity contribution in [3.8, 4) is 0 Å². The Morgan fingerprint density at radius 2 is 1.57 bits per heavy atom. The monoisotopic (exact) mass is 317 g/mol. The van der Waals surface area contributed by atoms with Crippen LogP contribution >= 0.6 is 0 Å². The lowest BCUT2D eigenvalue weighted by Gasteiger charge is -2.55. The molecule has 4 aliphatic rings. The predicted octanol–water partition coefficient (Wildman–Crippen LogP) is 1.24. The fraction of sp³-hybridized carbons (Fsp3) is 0.706. The van der Waals surface area contributed by atoms with Crippen LogP contribution in [0.4, 0.5) is 5.82 Å². The van der Waals surface area contributed by atoms with E-state index in [1.165, 1.54) is 36.9 Å². The smallest absolute Gasteiger partial charge is 0.311 e. The van der Waals surface area contributed by atoms with Crippen molar-refractivity contribution in [2.45, 2.75) is 38.5 Å². The zero-order chi connectivity index (χ0) is 16.4. The molecule has 0 spiro atoms. The number of aromatic nitrogens is 2. The molecule has 0 atom stereocenters. The SMILES string of the molecule is Cn1c(NC(=O)C23CC4CC(CC(C4)C2)C3)cc(=O)n(C)c1=O. The Hall–Kier alpha value is -1.85. The van der Waals surface area contributed by atoms with Gasteiger partial charge in [-0.15, -0.1) is 0 Å². The minimum absolute atomic E-state index is 0.000136. The number of carbonyl (C=O) groups is 1. The molecule has 0 radical (unpaired) electrons. The standard InChI is InChI=1S/C17H23N3O3/c1-19-13(6-14(21)20(2)16(19)23)18-15(22)17-7-10-3-11(8-17)5-12(4-10)9-17/h6,10-12H,3-5,7-9H2,1-2H3,(H,18,22). The molecule has 4 aliphatic carbocycles. The van der Waals surface area contributed by atoms with E-state index in [-0.39, 0.29) is 11.3 Å². The summed E-state index contributed by atoms with van der Waals surface area (Å²) >= 11 is 0. The fourth-order valence-electron chi connectivity index (χ4n) is 5.49. The lowest BCUT2D eigenvalue weighted by Crippen LogP contribution is -2.52. The molecule has 1 amide bonds. The summed E-state index contributed by atoms with van der Waals surface area (Å²) in [7, 11) is 3.02. The maximum absolute atomic E-state index is 13.0. The van der Waals surface area contributed by atoms with Crippen LogP contribution in [-0.4, -0.2) is 15.0 Å². The van der Waals surface area contributed by atoms with E-state index in [9.17, 15) is 14.4 Å². The number of carbonyl (C=O) groups excluding carboxylic acids is 1. The van der Waals surface area contributed by atoms with Gasteiger partial charge in [0.1, 0.15) is 5.82 Å². The molecule has 4 saturated carbocycles. The number of rotatable bonds is 2. The Kier molecular flexibility index (Phi) is 3.09. The predicted molar refractivity (Wildman–Crippen MR) is 86.2 cm³/mol. The van der Waals surface area contributed by atoms with Gasteiger partial charge in [-0.1, -0.05) is 0 Å². The normalized spacial score (nSPS) is 34.6. The molecule has 5 rings (SSSR count). The first-order valence-electron chi connectivity index (χ1n) is 8.46. The fourth-order valence-corrected chi connectivity index (χ4v) is 5.49. The highest BCUT2D eigenvalue weighted by Crippen LogP contribution is 2.60. The second kappa shape index (κ2) is 4.82. The highest BCUT2D eigenvalue weighted by molar-refractivity contribution is 5.95. The zero-order valence-corrected chi connectivity index (χ0v) is 13.7. The van der Waals surface area contributed by atoms with Crippen molar-refractivity contribution in [2.24, 2.45) is 37.3 Å². The summed E-state index contributed by atoms with van der Waals surface area (Å²) in [6, 6.07) is 1.33. The van der Waals surface area contributed by atoms with Crippen molar-refractivity contribution in [3.05, 3.63) is 26.9 Å². The maximum Gasteiger partial charge on any atom is 0.332 e. The molecule has 124 valence electrons. The topological polar surface area (TPSA) is 73.1 Å². The maximum atomic E-state index is 13.0. The molecule has 0 aromatic carbocycles. The van der Waals surface area contributed by atoms with Gasteiger partial charge in [-0.2, -0.15) is 0 Å². The number of hydrogen-bond donors (Lipinski definition) is 1. The molecular formula is C17H23N3O3. The van der Waals surface area contributed by atoms with Crippen molar-refractivity contribution in [1.29, 1.82) is 0 Å². The number of nitrogens with zero attached hydrogens (tertiary/aromatic N) is 2. The van der Waals surface area contributed by atoms with Gasteiger partial charge in [0, 0.05) is 20.2 Å². The van der Waals surface area contributed by atoms with Crippen LogP contribution in [0, 0.1) is 23.2 Å². The zero-order valence-electron chi connectivity index (χ0n) is 13.7. The second-order valence-electron chi connectivity index (χ2n) is 7.92. The van der Waals surface area contributed by atoms with Crippen molar-refractivity contribution in [2.75, 3.05) is 5.32 Å². The van der Waals surface area contributed by atoms with E-state index < -0.39 is 11.2 Å². The third-order valence-electron chi connectivity index (χ3n) is 6.29. The molecule has 4 fully saturated rings. The average Bonchev–Trinajstić information content (AvgIpc) is 2.49. The van der Waals surface area contributed by atoms with Gasteiger partial charge in [0.2, 0.25) is 5.91 Å². The first kappa shape index (κ1) is 14.7. The molecule has 1 aromatic rings. The summed E-state index contributed by atoms with van der Waals surface area (Å²) in [5.41, 5.74) is -1.10. The Bertz CT molecular complexity index is 754. The third kappa shape index (κ3) is 2.18. The summed E-state index contributed by atoms with van der Waals surface area (Å²) in [4.78, 5) is 36.8. The summed E-state index contributed by atoms with van der Waals surface area (Å²) in [6.07, 6.45) is 6.71. The number of anilines is 1. The number of hydrogen-bond acceptors (Lipinski definition) is 3. The molecule has 1 aromatic heterocycles. The summed E-state index contributed by atoms with van der Waals surface area (Å²) in [5, 5.41) is 2.89. The molecule has 0 unspecified atom stereocenters. The Morgan fingerprint density at radius 3 is 2.09 bits per heavy atom. The van der Waals surface area contributed by atoms with Gasteiger partial charge < -0.3 is 5.32 Å². The Balaban J connectivity index is 1.64. The van der Waals surface area contributed by atoms with Crippen LogP contribution < -0.4 is 16.6 Å². The van der Waals surface area contributed by atoms with Gasteiger partial charge in [0.25, 0.3) is 5.56 Å². The van der Waals surface area contributed by atoms with Crippen molar-refractivity contribution < 1.29 is 4.79 Å². The largest absolute Gasteiger partial charge is 0.332 e. The quantitative estimate of drug-likeness (QED) is 0.892. The van der Waals surface area contributed by atoms with Crippen LogP contribution in [0.15, 0.2) is 15.7 Å². The molecular weight excluding hydrogens is 294 g/mol. The summed E-state index contributed by atoms with van der Waals surface area (Å²) in [5.74, 6) is 2.34. The van der Waals surface area contributed by atoms with Crippen LogP contribution in [0.3, 0.4) is 0 Å². The van der Waals surface area contributed by atoms with Gasteiger partial charge in [0.05, 0.1) is 5.41 Å². The van der Waals surface area contributed by atoms with Gasteiger partial charge in [-0.05, 0) is 56.3 Å². The van der Waals surface area contributed by atoms with Gasteiger partial charge >= 0.3 is 5.69 Å². The van der Waals surface area contributed by atoms with Crippen LogP contribution in [0.5, 0.6) is 0 Å². The lowest BCUT2D eigenvalue weighted by atomic mass is 9.49.